The number of benzene rings is 1. The van der Waals surface area contributed by atoms with Gasteiger partial charge < -0.3 is 9.64 Å². The van der Waals surface area contributed by atoms with Gasteiger partial charge in [0.15, 0.2) is 0 Å². The summed E-state index contributed by atoms with van der Waals surface area (Å²) in [6.07, 6.45) is 5.59. The molecule has 2 fully saturated rings. The van der Waals surface area contributed by atoms with Gasteiger partial charge in [0.25, 0.3) is 5.91 Å². The second-order valence-electron chi connectivity index (χ2n) is 7.00. The van der Waals surface area contributed by atoms with Crippen molar-refractivity contribution < 1.29 is 9.53 Å². The topological polar surface area (TPSA) is 32.8 Å². The molecule has 0 N–H and O–H groups in total. The molecule has 1 saturated heterocycles. The molecule has 2 heterocycles. The van der Waals surface area contributed by atoms with Gasteiger partial charge in [0.2, 0.25) is 0 Å². The largest absolute Gasteiger partial charge is 0.486 e. The second-order valence-corrected chi connectivity index (χ2v) is 7.00. The van der Waals surface area contributed by atoms with Crippen molar-refractivity contribution in [1.82, 2.24) is 9.80 Å². The van der Waals surface area contributed by atoms with Crippen LogP contribution >= 0.6 is 0 Å². The van der Waals surface area contributed by atoms with Gasteiger partial charge in [-0.05, 0) is 30.9 Å². The molecule has 0 aromatic heterocycles. The Kier molecular flexibility index (Phi) is 3.57. The number of likely N-dealkylation sites (tertiary alicyclic amines) is 1. The van der Waals surface area contributed by atoms with Crippen LogP contribution in [0.4, 0.5) is 0 Å². The molecule has 0 radical (unpaired) electrons. The van der Waals surface area contributed by atoms with Crippen LogP contribution in [0.1, 0.15) is 36.0 Å². The predicted molar refractivity (Wildman–Crippen MR) is 85.1 cm³/mol. The maximum Gasteiger partial charge on any atom is 0.257 e. The number of fused-ring (bicyclic) bond motifs is 2. The van der Waals surface area contributed by atoms with Crippen molar-refractivity contribution in [3.63, 3.8) is 0 Å². The molecule has 1 aromatic rings. The average Bonchev–Trinajstić information content (AvgIpc) is 3.15. The molecule has 4 nitrogen and oxygen atoms in total. The number of para-hydroxylation sites is 1. The molecule has 0 unspecified atom stereocenters. The van der Waals surface area contributed by atoms with Gasteiger partial charge in [-0.1, -0.05) is 25.0 Å². The smallest absolute Gasteiger partial charge is 0.257 e. The highest BCUT2D eigenvalue weighted by atomic mass is 16.5. The van der Waals surface area contributed by atoms with Crippen LogP contribution in [-0.2, 0) is 0 Å². The van der Waals surface area contributed by atoms with E-state index < -0.39 is 0 Å². The minimum absolute atomic E-state index is 0.0887. The SMILES string of the molecule is CN1C(=O)c2ccccc2O[C@H]2CN(CC3CCCC3)C[C@H]21. The highest BCUT2D eigenvalue weighted by Gasteiger charge is 2.42. The first-order valence-electron chi connectivity index (χ1n) is 8.47. The lowest BCUT2D eigenvalue weighted by Gasteiger charge is -2.25. The van der Waals surface area contributed by atoms with Gasteiger partial charge in [-0.2, -0.15) is 0 Å². The van der Waals surface area contributed by atoms with Crippen LogP contribution in [0.3, 0.4) is 0 Å². The zero-order valence-electron chi connectivity index (χ0n) is 13.2. The van der Waals surface area contributed by atoms with Crippen LogP contribution in [0.15, 0.2) is 24.3 Å². The molecule has 0 bridgehead atoms. The maximum absolute atomic E-state index is 12.7. The van der Waals surface area contributed by atoms with Crippen LogP contribution in [0, 0.1) is 5.92 Å². The van der Waals surface area contributed by atoms with Crippen molar-refractivity contribution >= 4 is 5.91 Å². The number of ether oxygens (including phenoxy) is 1. The van der Waals surface area contributed by atoms with Crippen molar-refractivity contribution in [2.24, 2.45) is 5.92 Å². The van der Waals surface area contributed by atoms with Crippen LogP contribution in [0.2, 0.25) is 0 Å². The standard InChI is InChI=1S/C18H24N2O2/c1-19-15-11-20(10-13-6-2-3-7-13)12-17(15)22-16-9-5-4-8-14(16)18(19)21/h4-5,8-9,13,15,17H,2-3,6-7,10-12H2,1H3/t15-,17+/m1/s1. The molecule has 4 rings (SSSR count). The van der Waals surface area contributed by atoms with Crippen molar-refractivity contribution in [2.75, 3.05) is 26.7 Å². The van der Waals surface area contributed by atoms with Gasteiger partial charge in [0.05, 0.1) is 11.6 Å². The molecule has 2 aliphatic heterocycles. The molecule has 1 saturated carbocycles. The number of carbonyl (C=O) groups excluding carboxylic acids is 1. The van der Waals surface area contributed by atoms with E-state index >= 15 is 0 Å². The lowest BCUT2D eigenvalue weighted by Crippen LogP contribution is -2.44. The maximum atomic E-state index is 12.7. The summed E-state index contributed by atoms with van der Waals surface area (Å²) in [5.74, 6) is 1.68. The Morgan fingerprint density at radius 2 is 1.95 bits per heavy atom. The van der Waals surface area contributed by atoms with Gasteiger partial charge >= 0.3 is 0 Å². The van der Waals surface area contributed by atoms with E-state index in [1.165, 1.54) is 32.2 Å². The number of amides is 1. The number of carbonyl (C=O) groups is 1. The number of rotatable bonds is 2. The van der Waals surface area contributed by atoms with Crippen molar-refractivity contribution in [2.45, 2.75) is 37.8 Å². The summed E-state index contributed by atoms with van der Waals surface area (Å²) < 4.78 is 6.21. The number of nitrogens with zero attached hydrogens (tertiary/aromatic N) is 2. The highest BCUT2D eigenvalue weighted by molar-refractivity contribution is 5.97. The van der Waals surface area contributed by atoms with Crippen LogP contribution < -0.4 is 4.74 Å². The van der Waals surface area contributed by atoms with E-state index in [9.17, 15) is 4.79 Å². The molecule has 1 aromatic carbocycles. The summed E-state index contributed by atoms with van der Waals surface area (Å²) in [7, 11) is 1.92. The Labute approximate surface area is 132 Å². The van der Waals surface area contributed by atoms with Crippen molar-refractivity contribution in [1.29, 1.82) is 0 Å². The normalized spacial score (nSPS) is 29.1. The summed E-state index contributed by atoms with van der Waals surface area (Å²) in [5, 5.41) is 0. The Hall–Kier alpha value is -1.55. The molecule has 1 amide bonds. The predicted octanol–water partition coefficient (Wildman–Crippen LogP) is 2.39. The molecule has 118 valence electrons. The van der Waals surface area contributed by atoms with E-state index in [-0.39, 0.29) is 18.1 Å². The number of hydrogen-bond donors (Lipinski definition) is 0. The van der Waals surface area contributed by atoms with Crippen LogP contribution in [0.5, 0.6) is 5.75 Å². The fourth-order valence-corrected chi connectivity index (χ4v) is 4.28. The van der Waals surface area contributed by atoms with Gasteiger partial charge in [-0.15, -0.1) is 0 Å². The van der Waals surface area contributed by atoms with Crippen molar-refractivity contribution in [3.05, 3.63) is 29.8 Å². The lowest BCUT2D eigenvalue weighted by atomic mass is 10.1. The first-order valence-corrected chi connectivity index (χ1v) is 8.47. The van der Waals surface area contributed by atoms with E-state index in [0.717, 1.165) is 24.8 Å². The summed E-state index contributed by atoms with van der Waals surface area (Å²) in [6, 6.07) is 7.80. The molecule has 3 aliphatic rings. The Morgan fingerprint density at radius 1 is 1.18 bits per heavy atom. The summed E-state index contributed by atoms with van der Waals surface area (Å²) in [5.41, 5.74) is 0.696. The molecule has 2 atom stereocenters. The Bertz CT molecular complexity index is 568. The fourth-order valence-electron chi connectivity index (χ4n) is 4.28. The minimum atomic E-state index is 0.0887. The van der Waals surface area contributed by atoms with Gasteiger partial charge in [-0.25, -0.2) is 0 Å². The fraction of sp³-hybridized carbons (Fsp3) is 0.611. The third-order valence-corrected chi connectivity index (χ3v) is 5.52. The van der Waals surface area contributed by atoms with E-state index in [1.54, 1.807) is 0 Å². The second kappa shape index (κ2) is 5.58. The summed E-state index contributed by atoms with van der Waals surface area (Å²) in [4.78, 5) is 17.1. The van der Waals surface area contributed by atoms with Gasteiger partial charge in [-0.3, -0.25) is 9.69 Å². The molecular weight excluding hydrogens is 276 g/mol. The molecule has 0 spiro atoms. The monoisotopic (exact) mass is 300 g/mol. The lowest BCUT2D eigenvalue weighted by molar-refractivity contribution is 0.0682. The minimum Gasteiger partial charge on any atom is -0.486 e. The zero-order chi connectivity index (χ0) is 15.1. The van der Waals surface area contributed by atoms with E-state index in [4.69, 9.17) is 4.74 Å². The van der Waals surface area contributed by atoms with E-state index in [0.29, 0.717) is 5.56 Å². The van der Waals surface area contributed by atoms with Gasteiger partial charge in [0.1, 0.15) is 11.9 Å². The van der Waals surface area contributed by atoms with E-state index in [1.807, 2.05) is 36.2 Å². The quantitative estimate of drug-likeness (QED) is 0.841. The van der Waals surface area contributed by atoms with Crippen LogP contribution in [-0.4, -0.2) is 54.5 Å². The third-order valence-electron chi connectivity index (χ3n) is 5.52. The summed E-state index contributed by atoms with van der Waals surface area (Å²) >= 11 is 0. The first kappa shape index (κ1) is 14.1. The zero-order valence-corrected chi connectivity index (χ0v) is 13.2. The number of hydrogen-bond acceptors (Lipinski definition) is 3. The van der Waals surface area contributed by atoms with Gasteiger partial charge in [0, 0.05) is 26.7 Å². The molecule has 1 aliphatic carbocycles. The number of likely N-dealkylation sites (N-methyl/N-ethyl adjacent to an activating group) is 1. The first-order chi connectivity index (χ1) is 10.7. The molecule has 22 heavy (non-hydrogen) atoms. The Balaban J connectivity index is 1.53. The average molecular weight is 300 g/mol. The summed E-state index contributed by atoms with van der Waals surface area (Å²) in [6.45, 7) is 3.05. The van der Waals surface area contributed by atoms with Crippen molar-refractivity contribution in [3.8, 4) is 5.75 Å². The Morgan fingerprint density at radius 3 is 2.77 bits per heavy atom. The third kappa shape index (κ3) is 2.39. The highest BCUT2D eigenvalue weighted by Crippen LogP contribution is 2.32. The van der Waals surface area contributed by atoms with E-state index in [2.05, 4.69) is 4.90 Å². The molecular formula is C18H24N2O2. The van der Waals surface area contributed by atoms with Crippen LogP contribution in [0.25, 0.3) is 0 Å². The molecule has 4 heteroatoms.